The molecule has 52 heavy (non-hydrogen) atoms. The molecule has 5 rings (SSSR count). The fraction of sp³-hybridized carbons (Fsp3) is 0.435. The average molecular weight is 703 g/mol. The van der Waals surface area contributed by atoms with Crippen molar-refractivity contribution < 1.29 is 19.8 Å². The first-order valence-electron chi connectivity index (χ1n) is 18.9. The normalized spacial score (nSPS) is 15.6. The second-order valence-corrected chi connectivity index (χ2v) is 16.3. The van der Waals surface area contributed by atoms with Crippen LogP contribution in [-0.4, -0.2) is 39.0 Å². The van der Waals surface area contributed by atoms with Gasteiger partial charge in [0.05, 0.1) is 12.1 Å². The largest absolute Gasteiger partial charge is 0.378 e. The monoisotopic (exact) mass is 702 g/mol. The van der Waals surface area contributed by atoms with Crippen LogP contribution in [0.1, 0.15) is 104 Å². The lowest BCUT2D eigenvalue weighted by molar-refractivity contribution is -0.174. The fourth-order valence-corrected chi connectivity index (χ4v) is 8.04. The van der Waals surface area contributed by atoms with E-state index in [2.05, 4.69) is 27.7 Å². The number of nitrogens with two attached hydrogens (primary N) is 1. The number of amides is 2. The molecule has 0 radical (unpaired) electrons. The van der Waals surface area contributed by atoms with Crippen molar-refractivity contribution in [1.82, 2.24) is 4.90 Å². The maximum Gasteiger partial charge on any atom is 0.239 e. The van der Waals surface area contributed by atoms with Gasteiger partial charge in [0.25, 0.3) is 0 Å². The standard InChI is InChI=1S/C46H58N2O4/c1-30(2)28-40(45(51,36-18-10-32(5)11-19-36)37-20-12-33(6)13-21-37)48(43(50)44(42(47)49)26-9-27-44)41(29-31(3)4)46(52,38-22-14-34(7)15-23-38)39-24-16-35(8)17-25-39/h10-25,30-31,40-41,51-52H,9,26-29H2,1-8H3,(H2,47,49). The van der Waals surface area contributed by atoms with Gasteiger partial charge in [0.1, 0.15) is 16.6 Å². The van der Waals surface area contributed by atoms with E-state index < -0.39 is 40.5 Å². The van der Waals surface area contributed by atoms with Crippen LogP contribution in [0.2, 0.25) is 0 Å². The molecule has 0 heterocycles. The maximum atomic E-state index is 15.8. The number of primary amides is 1. The highest BCUT2D eigenvalue weighted by Gasteiger charge is 2.59. The lowest BCUT2D eigenvalue weighted by atomic mass is 9.65. The van der Waals surface area contributed by atoms with Crippen molar-refractivity contribution >= 4 is 11.8 Å². The van der Waals surface area contributed by atoms with Crippen molar-refractivity contribution in [3.05, 3.63) is 142 Å². The Balaban J connectivity index is 1.92. The van der Waals surface area contributed by atoms with E-state index in [0.717, 1.165) is 22.3 Å². The fourth-order valence-electron chi connectivity index (χ4n) is 8.04. The number of rotatable bonds is 14. The Kier molecular flexibility index (Phi) is 11.5. The third-order valence-corrected chi connectivity index (χ3v) is 11.3. The topological polar surface area (TPSA) is 104 Å². The van der Waals surface area contributed by atoms with Crippen molar-refractivity contribution in [1.29, 1.82) is 0 Å². The van der Waals surface area contributed by atoms with E-state index >= 15 is 4.79 Å². The molecule has 1 saturated carbocycles. The van der Waals surface area contributed by atoms with Crippen LogP contribution in [0.3, 0.4) is 0 Å². The third kappa shape index (κ3) is 7.33. The molecule has 1 aliphatic rings. The van der Waals surface area contributed by atoms with Gasteiger partial charge in [-0.25, -0.2) is 0 Å². The SMILES string of the molecule is Cc1ccc(C(O)(c2ccc(C)cc2)C(CC(C)C)N(C(=O)C2(C(N)=O)CCC2)C(CC(C)C)C(O)(c2ccc(C)cc2)c2ccc(C)cc2)cc1. The van der Waals surface area contributed by atoms with Gasteiger partial charge in [-0.3, -0.25) is 9.59 Å². The molecule has 6 nitrogen and oxygen atoms in total. The van der Waals surface area contributed by atoms with Crippen LogP contribution in [0.25, 0.3) is 0 Å². The van der Waals surface area contributed by atoms with Crippen LogP contribution in [0.15, 0.2) is 97.1 Å². The quantitative estimate of drug-likeness (QED) is 0.115. The van der Waals surface area contributed by atoms with E-state index in [1.54, 1.807) is 4.90 Å². The Morgan fingerprint density at radius 1 is 0.596 bits per heavy atom. The van der Waals surface area contributed by atoms with Crippen molar-refractivity contribution in [2.24, 2.45) is 23.0 Å². The molecule has 0 aromatic heterocycles. The molecule has 2 unspecified atom stereocenters. The average Bonchev–Trinajstić information content (AvgIpc) is 3.07. The highest BCUT2D eigenvalue weighted by molar-refractivity contribution is 6.05. The van der Waals surface area contributed by atoms with E-state index in [1.807, 2.05) is 125 Å². The molecule has 4 aromatic carbocycles. The predicted molar refractivity (Wildman–Crippen MR) is 210 cm³/mol. The van der Waals surface area contributed by atoms with E-state index in [0.29, 0.717) is 54.4 Å². The molecule has 0 spiro atoms. The second kappa shape index (κ2) is 15.4. The molecule has 0 saturated heterocycles. The molecule has 4 N–H and O–H groups in total. The van der Waals surface area contributed by atoms with Crippen LogP contribution in [-0.2, 0) is 20.8 Å². The van der Waals surface area contributed by atoms with Gasteiger partial charge < -0.3 is 20.8 Å². The summed E-state index contributed by atoms with van der Waals surface area (Å²) in [6.07, 6.45) is 2.09. The number of nitrogens with zero attached hydrogens (tertiary/aromatic N) is 1. The summed E-state index contributed by atoms with van der Waals surface area (Å²) in [4.78, 5) is 31.0. The lowest BCUT2D eigenvalue weighted by Crippen LogP contribution is -2.67. The summed E-state index contributed by atoms with van der Waals surface area (Å²) in [5.41, 5.74) is 7.94. The van der Waals surface area contributed by atoms with Gasteiger partial charge in [0, 0.05) is 0 Å². The molecular formula is C46H58N2O4. The lowest BCUT2D eigenvalue weighted by Gasteiger charge is -2.55. The molecule has 6 heteroatoms. The van der Waals surface area contributed by atoms with E-state index in [-0.39, 0.29) is 11.8 Å². The van der Waals surface area contributed by atoms with Crippen LogP contribution in [0.4, 0.5) is 0 Å². The molecular weight excluding hydrogens is 645 g/mol. The Labute approximate surface area is 311 Å². The zero-order valence-corrected chi connectivity index (χ0v) is 32.3. The van der Waals surface area contributed by atoms with Gasteiger partial charge in [-0.05, 0) is 87.5 Å². The van der Waals surface area contributed by atoms with Crippen molar-refractivity contribution in [3.63, 3.8) is 0 Å². The molecule has 2 atom stereocenters. The van der Waals surface area contributed by atoms with Gasteiger partial charge >= 0.3 is 0 Å². The third-order valence-electron chi connectivity index (χ3n) is 11.3. The van der Waals surface area contributed by atoms with Crippen molar-refractivity contribution in [2.75, 3.05) is 0 Å². The number of hydrogen-bond acceptors (Lipinski definition) is 4. The molecule has 1 aliphatic carbocycles. The Hall–Kier alpha value is -4.26. The van der Waals surface area contributed by atoms with E-state index in [4.69, 9.17) is 5.73 Å². The minimum absolute atomic E-state index is 0.0141. The van der Waals surface area contributed by atoms with Crippen molar-refractivity contribution in [3.8, 4) is 0 Å². The summed E-state index contributed by atoms with van der Waals surface area (Å²) in [5, 5.41) is 27.5. The summed E-state index contributed by atoms with van der Waals surface area (Å²) in [5.74, 6) is -1.07. The molecule has 0 aliphatic heterocycles. The van der Waals surface area contributed by atoms with Gasteiger partial charge in [0.2, 0.25) is 11.8 Å². The zero-order valence-electron chi connectivity index (χ0n) is 32.3. The van der Waals surface area contributed by atoms with Gasteiger partial charge in [0.15, 0.2) is 0 Å². The second-order valence-electron chi connectivity index (χ2n) is 16.3. The first-order valence-corrected chi connectivity index (χ1v) is 18.9. The van der Waals surface area contributed by atoms with Crippen molar-refractivity contribution in [2.45, 2.75) is 111 Å². The van der Waals surface area contributed by atoms with E-state index in [1.165, 1.54) is 0 Å². The minimum atomic E-state index is -1.74. The maximum absolute atomic E-state index is 15.8. The van der Waals surface area contributed by atoms with Crippen LogP contribution < -0.4 is 5.73 Å². The molecule has 0 bridgehead atoms. The van der Waals surface area contributed by atoms with Crippen LogP contribution in [0.5, 0.6) is 0 Å². The number of carbonyl (C=O) groups excluding carboxylic acids is 2. The van der Waals surface area contributed by atoms with Crippen LogP contribution in [0, 0.1) is 44.9 Å². The highest BCUT2D eigenvalue weighted by Crippen LogP contribution is 2.50. The highest BCUT2D eigenvalue weighted by atomic mass is 16.3. The predicted octanol–water partition coefficient (Wildman–Crippen LogP) is 8.41. The molecule has 1 fully saturated rings. The van der Waals surface area contributed by atoms with Gasteiger partial charge in [-0.2, -0.15) is 0 Å². The number of aliphatic hydroxyl groups is 2. The summed E-state index contributed by atoms with van der Waals surface area (Å²) in [7, 11) is 0. The Morgan fingerprint density at radius 3 is 1.06 bits per heavy atom. The zero-order chi connectivity index (χ0) is 38.0. The first-order chi connectivity index (χ1) is 24.5. The molecule has 4 aromatic rings. The number of hydrogen-bond donors (Lipinski definition) is 3. The minimum Gasteiger partial charge on any atom is -0.378 e. The number of benzene rings is 4. The Morgan fingerprint density at radius 2 is 0.865 bits per heavy atom. The summed E-state index contributed by atoms with van der Waals surface area (Å²) in [6.45, 7) is 16.3. The smallest absolute Gasteiger partial charge is 0.239 e. The summed E-state index contributed by atoms with van der Waals surface area (Å²) < 4.78 is 0. The van der Waals surface area contributed by atoms with Crippen LogP contribution >= 0.6 is 0 Å². The Bertz CT molecular complexity index is 1620. The van der Waals surface area contributed by atoms with E-state index in [9.17, 15) is 15.0 Å². The van der Waals surface area contributed by atoms with Gasteiger partial charge in [-0.1, -0.05) is 153 Å². The summed E-state index contributed by atoms with van der Waals surface area (Å²) in [6, 6.07) is 29.5. The summed E-state index contributed by atoms with van der Waals surface area (Å²) >= 11 is 0. The van der Waals surface area contributed by atoms with Gasteiger partial charge in [-0.15, -0.1) is 0 Å². The number of carbonyl (C=O) groups is 2. The number of aryl methyl sites for hydroxylation is 4. The molecule has 2 amide bonds. The molecule has 276 valence electrons. The first kappa shape index (κ1) is 39.0.